The van der Waals surface area contributed by atoms with Crippen LogP contribution in [0.3, 0.4) is 0 Å². The number of nitrogens with zero attached hydrogens (tertiary/aromatic N) is 2. The van der Waals surface area contributed by atoms with Crippen LogP contribution in [0.2, 0.25) is 0 Å². The van der Waals surface area contributed by atoms with Gasteiger partial charge in [-0.1, -0.05) is 18.2 Å². The average molecular weight is 349 g/mol. The Morgan fingerprint density at radius 2 is 2.12 bits per heavy atom. The number of likely N-dealkylation sites (tertiary alicyclic amines) is 1. The first-order valence-corrected chi connectivity index (χ1v) is 9.15. The van der Waals surface area contributed by atoms with Crippen LogP contribution in [0.5, 0.6) is 0 Å². The van der Waals surface area contributed by atoms with Crippen molar-refractivity contribution in [3.05, 3.63) is 54.3 Å². The molecule has 5 heteroatoms. The van der Waals surface area contributed by atoms with E-state index in [2.05, 4.69) is 4.98 Å². The third-order valence-electron chi connectivity index (χ3n) is 5.14. The summed E-state index contributed by atoms with van der Waals surface area (Å²) in [6, 6.07) is 13.3. The molecular formula is C21H23N3O2. The summed E-state index contributed by atoms with van der Waals surface area (Å²) >= 11 is 0. The number of hydrogen-bond donors (Lipinski definition) is 1. The van der Waals surface area contributed by atoms with Gasteiger partial charge in [-0.3, -0.25) is 4.79 Å². The Kier molecular flexibility index (Phi) is 4.47. The van der Waals surface area contributed by atoms with Gasteiger partial charge in [-0.05, 0) is 50.5 Å². The monoisotopic (exact) mass is 349 g/mol. The summed E-state index contributed by atoms with van der Waals surface area (Å²) in [5, 5.41) is 0.863. The Hall–Kier alpha value is -2.66. The fraction of sp³-hybridized carbons (Fsp3) is 0.333. The highest BCUT2D eigenvalue weighted by molar-refractivity contribution is 6.07. The van der Waals surface area contributed by atoms with E-state index in [-0.39, 0.29) is 18.0 Å². The van der Waals surface area contributed by atoms with Crippen molar-refractivity contribution in [1.82, 2.24) is 9.88 Å². The Morgan fingerprint density at radius 3 is 2.88 bits per heavy atom. The lowest BCUT2D eigenvalue weighted by Gasteiger charge is -2.38. The van der Waals surface area contributed by atoms with Gasteiger partial charge in [-0.25, -0.2) is 4.98 Å². The van der Waals surface area contributed by atoms with Gasteiger partial charge in [0.25, 0.3) is 5.91 Å². The third-order valence-corrected chi connectivity index (χ3v) is 5.14. The maximum atomic E-state index is 13.5. The number of benzene rings is 1. The standard InChI is InChI=1S/C21H23N3O2/c1-14(22)19-9-4-5-11-24(19)21(25)16-13-18(20-10-6-12-26-20)23-17-8-3-2-7-15(16)17/h2-3,6-8,10,12-14,19H,4-5,9,11,22H2,1H3. The summed E-state index contributed by atoms with van der Waals surface area (Å²) in [4.78, 5) is 20.1. The zero-order chi connectivity index (χ0) is 18.1. The third kappa shape index (κ3) is 2.99. The van der Waals surface area contributed by atoms with Gasteiger partial charge in [0.2, 0.25) is 0 Å². The van der Waals surface area contributed by atoms with E-state index in [9.17, 15) is 4.79 Å². The smallest absolute Gasteiger partial charge is 0.254 e. The Balaban J connectivity index is 1.83. The van der Waals surface area contributed by atoms with Crippen molar-refractivity contribution in [3.8, 4) is 11.5 Å². The minimum atomic E-state index is -0.0445. The molecule has 1 fully saturated rings. The molecule has 0 saturated carbocycles. The molecule has 1 aliphatic rings. The zero-order valence-electron chi connectivity index (χ0n) is 14.9. The van der Waals surface area contributed by atoms with Crippen molar-refractivity contribution in [1.29, 1.82) is 0 Å². The number of hydrogen-bond acceptors (Lipinski definition) is 4. The first kappa shape index (κ1) is 16.8. The second-order valence-corrected chi connectivity index (χ2v) is 6.97. The lowest BCUT2D eigenvalue weighted by atomic mass is 9.95. The molecule has 1 amide bonds. The van der Waals surface area contributed by atoms with Crippen LogP contribution in [0.25, 0.3) is 22.4 Å². The molecule has 0 bridgehead atoms. The molecule has 26 heavy (non-hydrogen) atoms. The molecule has 2 N–H and O–H groups in total. The van der Waals surface area contributed by atoms with E-state index in [4.69, 9.17) is 10.2 Å². The Morgan fingerprint density at radius 1 is 1.27 bits per heavy atom. The number of nitrogens with two attached hydrogens (primary N) is 1. The molecule has 2 unspecified atom stereocenters. The molecule has 0 radical (unpaired) electrons. The van der Waals surface area contributed by atoms with Crippen LogP contribution in [-0.2, 0) is 0 Å². The van der Waals surface area contributed by atoms with E-state index in [1.807, 2.05) is 54.3 Å². The first-order chi connectivity index (χ1) is 12.6. The number of amides is 1. The van der Waals surface area contributed by atoms with E-state index in [0.29, 0.717) is 17.0 Å². The van der Waals surface area contributed by atoms with Crippen molar-refractivity contribution in [3.63, 3.8) is 0 Å². The van der Waals surface area contributed by atoms with Gasteiger partial charge < -0.3 is 15.1 Å². The van der Waals surface area contributed by atoms with E-state index >= 15 is 0 Å². The Bertz CT molecular complexity index is 918. The van der Waals surface area contributed by atoms with Crippen molar-refractivity contribution in [2.24, 2.45) is 5.73 Å². The van der Waals surface area contributed by atoms with Crippen LogP contribution in [0.4, 0.5) is 0 Å². The molecule has 5 nitrogen and oxygen atoms in total. The van der Waals surface area contributed by atoms with Crippen molar-refractivity contribution in [2.75, 3.05) is 6.54 Å². The number of furan rings is 1. The van der Waals surface area contributed by atoms with E-state index in [1.165, 1.54) is 0 Å². The molecule has 4 rings (SSSR count). The first-order valence-electron chi connectivity index (χ1n) is 9.15. The van der Waals surface area contributed by atoms with Gasteiger partial charge in [-0.15, -0.1) is 0 Å². The topological polar surface area (TPSA) is 72.4 Å². The van der Waals surface area contributed by atoms with Crippen LogP contribution >= 0.6 is 0 Å². The molecule has 0 aliphatic carbocycles. The van der Waals surface area contributed by atoms with Gasteiger partial charge in [0.1, 0.15) is 5.69 Å². The zero-order valence-corrected chi connectivity index (χ0v) is 14.9. The number of rotatable bonds is 3. The summed E-state index contributed by atoms with van der Waals surface area (Å²) in [6.45, 7) is 2.73. The summed E-state index contributed by atoms with van der Waals surface area (Å²) in [5.41, 5.74) is 8.30. The summed E-state index contributed by atoms with van der Waals surface area (Å²) in [6.07, 6.45) is 4.70. The molecule has 134 valence electrons. The van der Waals surface area contributed by atoms with E-state index in [1.54, 1.807) is 6.26 Å². The molecule has 3 aromatic rings. The molecule has 1 aliphatic heterocycles. The fourth-order valence-electron chi connectivity index (χ4n) is 3.81. The quantitative estimate of drug-likeness (QED) is 0.780. The molecule has 0 spiro atoms. The second kappa shape index (κ2) is 6.92. The minimum Gasteiger partial charge on any atom is -0.463 e. The highest BCUT2D eigenvalue weighted by Gasteiger charge is 2.31. The second-order valence-electron chi connectivity index (χ2n) is 6.97. The maximum absolute atomic E-state index is 13.5. The summed E-state index contributed by atoms with van der Waals surface area (Å²) in [5.74, 6) is 0.686. The van der Waals surface area contributed by atoms with Crippen molar-refractivity contribution >= 4 is 16.8 Å². The van der Waals surface area contributed by atoms with Crippen molar-refractivity contribution in [2.45, 2.75) is 38.3 Å². The largest absolute Gasteiger partial charge is 0.463 e. The van der Waals surface area contributed by atoms with Crippen LogP contribution in [0, 0.1) is 0 Å². The lowest BCUT2D eigenvalue weighted by Crippen LogP contribution is -2.51. The Labute approximate surface area is 152 Å². The number of para-hydroxylation sites is 1. The van der Waals surface area contributed by atoms with Gasteiger partial charge in [0.15, 0.2) is 5.76 Å². The molecule has 1 aromatic carbocycles. The normalized spacial score (nSPS) is 18.8. The summed E-state index contributed by atoms with van der Waals surface area (Å²) < 4.78 is 5.50. The van der Waals surface area contributed by atoms with Crippen LogP contribution < -0.4 is 5.73 Å². The molecule has 2 atom stereocenters. The predicted octanol–water partition coefficient (Wildman–Crippen LogP) is 3.84. The van der Waals surface area contributed by atoms with Crippen molar-refractivity contribution < 1.29 is 9.21 Å². The van der Waals surface area contributed by atoms with E-state index in [0.717, 1.165) is 36.7 Å². The number of carbonyl (C=O) groups excluding carboxylic acids is 1. The highest BCUT2D eigenvalue weighted by atomic mass is 16.3. The lowest BCUT2D eigenvalue weighted by molar-refractivity contribution is 0.0586. The summed E-state index contributed by atoms with van der Waals surface area (Å²) in [7, 11) is 0. The minimum absolute atomic E-state index is 0.0263. The van der Waals surface area contributed by atoms with E-state index < -0.39 is 0 Å². The predicted molar refractivity (Wildman–Crippen MR) is 102 cm³/mol. The highest BCUT2D eigenvalue weighted by Crippen LogP contribution is 2.28. The fourth-order valence-corrected chi connectivity index (χ4v) is 3.81. The SMILES string of the molecule is CC(N)C1CCCCN1C(=O)c1cc(-c2ccco2)nc2ccccc12. The maximum Gasteiger partial charge on any atom is 0.254 e. The molecule has 2 aromatic heterocycles. The van der Waals surface area contributed by atoms with Crippen LogP contribution in [0.1, 0.15) is 36.5 Å². The van der Waals surface area contributed by atoms with Crippen LogP contribution in [-0.4, -0.2) is 34.4 Å². The molecular weight excluding hydrogens is 326 g/mol. The van der Waals surface area contributed by atoms with Gasteiger partial charge >= 0.3 is 0 Å². The number of pyridine rings is 1. The van der Waals surface area contributed by atoms with Gasteiger partial charge in [-0.2, -0.15) is 0 Å². The molecule has 1 saturated heterocycles. The molecule has 3 heterocycles. The number of aromatic nitrogens is 1. The van der Waals surface area contributed by atoms with Gasteiger partial charge in [0, 0.05) is 24.0 Å². The number of carbonyl (C=O) groups is 1. The average Bonchev–Trinajstić information content (AvgIpc) is 3.21. The van der Waals surface area contributed by atoms with Gasteiger partial charge in [0.05, 0.1) is 17.3 Å². The number of fused-ring (bicyclic) bond motifs is 1. The van der Waals surface area contributed by atoms with Crippen LogP contribution in [0.15, 0.2) is 53.1 Å². The number of piperidine rings is 1.